The Morgan fingerprint density at radius 1 is 1.12 bits per heavy atom. The van der Waals surface area contributed by atoms with Gasteiger partial charge in [-0.15, -0.1) is 0 Å². The van der Waals surface area contributed by atoms with Crippen molar-refractivity contribution < 1.29 is 17.9 Å². The molecule has 2 aliphatic rings. The molecular weight excluding hydrogens is 378 g/mol. The van der Waals surface area contributed by atoms with Crippen LogP contribution in [0.4, 0.5) is 0 Å². The van der Waals surface area contributed by atoms with E-state index in [-0.39, 0.29) is 21.4 Å². The van der Waals surface area contributed by atoms with Gasteiger partial charge in [0.1, 0.15) is 0 Å². The van der Waals surface area contributed by atoms with Crippen molar-refractivity contribution in [3.05, 3.63) is 28.8 Å². The van der Waals surface area contributed by atoms with Crippen LogP contribution in [0.15, 0.2) is 23.1 Å². The maximum atomic E-state index is 12.9. The van der Waals surface area contributed by atoms with E-state index in [4.69, 9.17) is 16.3 Å². The summed E-state index contributed by atoms with van der Waals surface area (Å²) in [5.41, 5.74) is 0.242. The minimum atomic E-state index is -3.66. The number of amides is 1. The third-order valence-electron chi connectivity index (χ3n) is 4.88. The zero-order valence-electron chi connectivity index (χ0n) is 14.9. The number of rotatable bonds is 4. The van der Waals surface area contributed by atoms with E-state index in [1.165, 1.54) is 22.5 Å². The molecule has 0 aromatic heterocycles. The number of carbonyl (C=O) groups excluding carboxylic acids is 1. The van der Waals surface area contributed by atoms with Crippen LogP contribution in [0.5, 0.6) is 0 Å². The number of ether oxygens (including phenoxy) is 1. The van der Waals surface area contributed by atoms with Crippen LogP contribution in [-0.2, 0) is 14.8 Å². The molecule has 2 heterocycles. The van der Waals surface area contributed by atoms with Gasteiger partial charge < -0.3 is 14.5 Å². The van der Waals surface area contributed by atoms with Crippen molar-refractivity contribution in [1.82, 2.24) is 14.1 Å². The first-order chi connectivity index (χ1) is 12.4. The van der Waals surface area contributed by atoms with Gasteiger partial charge in [-0.2, -0.15) is 4.31 Å². The number of hydrogen-bond donors (Lipinski definition) is 0. The third-order valence-corrected chi connectivity index (χ3v) is 7.11. The van der Waals surface area contributed by atoms with E-state index in [1.54, 1.807) is 4.90 Å². The molecule has 26 heavy (non-hydrogen) atoms. The Hall–Kier alpha value is -1.19. The summed E-state index contributed by atoms with van der Waals surface area (Å²) in [5.74, 6) is -0.218. The van der Waals surface area contributed by atoms with Crippen LogP contribution < -0.4 is 0 Å². The van der Waals surface area contributed by atoms with Gasteiger partial charge >= 0.3 is 0 Å². The summed E-state index contributed by atoms with van der Waals surface area (Å²) in [4.78, 5) is 17.0. The van der Waals surface area contributed by atoms with Crippen LogP contribution in [0.1, 0.15) is 17.3 Å². The fourth-order valence-electron chi connectivity index (χ4n) is 3.20. The van der Waals surface area contributed by atoms with E-state index in [9.17, 15) is 13.2 Å². The number of halogens is 1. The van der Waals surface area contributed by atoms with Gasteiger partial charge in [-0.05, 0) is 24.7 Å². The van der Waals surface area contributed by atoms with E-state index in [0.717, 1.165) is 19.6 Å². The predicted molar refractivity (Wildman–Crippen MR) is 99.0 cm³/mol. The maximum absolute atomic E-state index is 12.9. The van der Waals surface area contributed by atoms with Gasteiger partial charge in [-0.3, -0.25) is 4.79 Å². The van der Waals surface area contributed by atoms with Crippen molar-refractivity contribution in [2.45, 2.75) is 11.8 Å². The van der Waals surface area contributed by atoms with Gasteiger partial charge in [-0.25, -0.2) is 8.42 Å². The molecule has 3 rings (SSSR count). The number of morpholine rings is 1. The average Bonchev–Trinajstić information content (AvgIpc) is 2.68. The lowest BCUT2D eigenvalue weighted by Gasteiger charge is -2.34. The number of nitrogens with zero attached hydrogens (tertiary/aromatic N) is 3. The molecule has 0 aliphatic carbocycles. The summed E-state index contributed by atoms with van der Waals surface area (Å²) in [6.45, 7) is 7.27. The highest BCUT2D eigenvalue weighted by Gasteiger charge is 2.29. The lowest BCUT2D eigenvalue weighted by molar-refractivity contribution is 0.0643. The summed E-state index contributed by atoms with van der Waals surface area (Å²) in [5, 5.41) is 0.272. The number of likely N-dealkylation sites (N-methyl/N-ethyl adjacent to an activating group) is 1. The zero-order valence-corrected chi connectivity index (χ0v) is 16.4. The SMILES string of the molecule is CCN1CCN(C(=O)c2cc(S(=O)(=O)N3CCOCC3)ccc2Cl)CC1. The Balaban J connectivity index is 1.82. The van der Waals surface area contributed by atoms with Crippen molar-refractivity contribution in [1.29, 1.82) is 0 Å². The summed E-state index contributed by atoms with van der Waals surface area (Å²) in [6.07, 6.45) is 0. The first-order valence-electron chi connectivity index (χ1n) is 8.82. The van der Waals surface area contributed by atoms with Crippen LogP contribution in [0.2, 0.25) is 5.02 Å². The van der Waals surface area contributed by atoms with E-state index in [0.29, 0.717) is 39.4 Å². The zero-order chi connectivity index (χ0) is 18.7. The molecule has 2 aliphatic heterocycles. The first-order valence-corrected chi connectivity index (χ1v) is 10.6. The Labute approximate surface area is 159 Å². The summed E-state index contributed by atoms with van der Waals surface area (Å²) in [7, 11) is -3.66. The van der Waals surface area contributed by atoms with Crippen LogP contribution >= 0.6 is 11.6 Å². The molecule has 2 saturated heterocycles. The Kier molecular flexibility index (Phi) is 6.19. The number of sulfonamides is 1. The molecule has 0 radical (unpaired) electrons. The molecule has 9 heteroatoms. The molecule has 1 aromatic carbocycles. The smallest absolute Gasteiger partial charge is 0.255 e. The fraction of sp³-hybridized carbons (Fsp3) is 0.588. The standard InChI is InChI=1S/C17H24ClN3O4S/c1-2-19-5-7-20(8-6-19)17(22)15-13-14(3-4-16(15)18)26(23,24)21-9-11-25-12-10-21/h3-4,13H,2,5-12H2,1H3. The van der Waals surface area contributed by atoms with Crippen molar-refractivity contribution in [3.63, 3.8) is 0 Å². The summed E-state index contributed by atoms with van der Waals surface area (Å²) < 4.78 is 32.3. The molecule has 1 amide bonds. The summed E-state index contributed by atoms with van der Waals surface area (Å²) >= 11 is 6.22. The number of hydrogen-bond acceptors (Lipinski definition) is 5. The highest BCUT2D eigenvalue weighted by molar-refractivity contribution is 7.89. The molecule has 0 unspecified atom stereocenters. The molecule has 7 nitrogen and oxygen atoms in total. The van der Waals surface area contributed by atoms with Crippen molar-refractivity contribution in [2.75, 3.05) is 59.0 Å². The second kappa shape index (κ2) is 8.22. The Bertz CT molecular complexity index is 757. The number of carbonyl (C=O) groups is 1. The van der Waals surface area contributed by atoms with Crippen molar-refractivity contribution in [2.24, 2.45) is 0 Å². The molecule has 0 atom stereocenters. The van der Waals surface area contributed by atoms with Gasteiger partial charge in [0.05, 0.1) is 28.7 Å². The molecule has 0 spiro atoms. The van der Waals surface area contributed by atoms with E-state index in [2.05, 4.69) is 11.8 Å². The van der Waals surface area contributed by atoms with Crippen molar-refractivity contribution >= 4 is 27.5 Å². The molecule has 0 bridgehead atoms. The second-order valence-corrected chi connectivity index (χ2v) is 8.73. The first kappa shape index (κ1) is 19.6. The topological polar surface area (TPSA) is 70.2 Å². The maximum Gasteiger partial charge on any atom is 0.255 e. The lowest BCUT2D eigenvalue weighted by atomic mass is 10.2. The third kappa shape index (κ3) is 4.04. The lowest BCUT2D eigenvalue weighted by Crippen LogP contribution is -2.48. The van der Waals surface area contributed by atoms with Crippen LogP contribution in [0.25, 0.3) is 0 Å². The second-order valence-electron chi connectivity index (χ2n) is 6.38. The van der Waals surface area contributed by atoms with Crippen molar-refractivity contribution in [3.8, 4) is 0 Å². The van der Waals surface area contributed by atoms with Gasteiger partial charge in [0, 0.05) is 39.3 Å². The van der Waals surface area contributed by atoms with Crippen LogP contribution in [0, 0.1) is 0 Å². The number of benzene rings is 1. The van der Waals surface area contributed by atoms with Gasteiger partial charge in [0.25, 0.3) is 5.91 Å². The monoisotopic (exact) mass is 401 g/mol. The minimum Gasteiger partial charge on any atom is -0.379 e. The number of piperazine rings is 1. The Morgan fingerprint density at radius 2 is 1.77 bits per heavy atom. The molecule has 0 N–H and O–H groups in total. The Morgan fingerprint density at radius 3 is 2.38 bits per heavy atom. The molecular formula is C17H24ClN3O4S. The predicted octanol–water partition coefficient (Wildman–Crippen LogP) is 1.14. The quantitative estimate of drug-likeness (QED) is 0.756. The minimum absolute atomic E-state index is 0.0966. The normalized spacial score (nSPS) is 20.3. The van der Waals surface area contributed by atoms with E-state index in [1.807, 2.05) is 0 Å². The highest BCUT2D eigenvalue weighted by Crippen LogP contribution is 2.25. The van der Waals surface area contributed by atoms with E-state index < -0.39 is 10.0 Å². The molecule has 144 valence electrons. The van der Waals surface area contributed by atoms with Gasteiger partial charge in [-0.1, -0.05) is 18.5 Å². The summed E-state index contributed by atoms with van der Waals surface area (Å²) in [6, 6.07) is 4.35. The largest absolute Gasteiger partial charge is 0.379 e. The van der Waals surface area contributed by atoms with E-state index >= 15 is 0 Å². The fourth-order valence-corrected chi connectivity index (χ4v) is 4.84. The molecule has 2 fully saturated rings. The average molecular weight is 402 g/mol. The van der Waals surface area contributed by atoms with Gasteiger partial charge in [0.15, 0.2) is 0 Å². The molecule has 0 saturated carbocycles. The highest BCUT2D eigenvalue weighted by atomic mass is 35.5. The van der Waals surface area contributed by atoms with Gasteiger partial charge in [0.2, 0.25) is 10.0 Å². The van der Waals surface area contributed by atoms with Crippen LogP contribution in [-0.4, -0.2) is 87.5 Å². The van der Waals surface area contributed by atoms with Crippen LogP contribution in [0.3, 0.4) is 0 Å². The molecule has 1 aromatic rings.